The molecule has 0 unspecified atom stereocenters. The topological polar surface area (TPSA) is 69.4 Å². The molecule has 0 N–H and O–H groups in total. The van der Waals surface area contributed by atoms with Crippen molar-refractivity contribution >= 4 is 23.0 Å². The molecule has 1 atom stereocenters. The van der Waals surface area contributed by atoms with Crippen LogP contribution < -0.4 is 0 Å². The molecule has 0 amide bonds. The standard InChI is InChI=1S/C24H25F3N4O2S/c1-12-7-9-15(10-8-12)19-18-13(2)14(3)34-21(18)31-20(29-30-22(31)24(25,26)27)16(28-19)11-17(32)33-23(4,5)6/h7-10,16H,11H2,1-6H3/t16-/m0/s1. The Morgan fingerprint density at radius 2 is 1.74 bits per heavy atom. The van der Waals surface area contributed by atoms with Gasteiger partial charge in [0.05, 0.1) is 12.1 Å². The van der Waals surface area contributed by atoms with Crippen molar-refractivity contribution in [3.05, 3.63) is 63.0 Å². The first kappa shape index (κ1) is 24.1. The molecule has 2 aromatic heterocycles. The van der Waals surface area contributed by atoms with Gasteiger partial charge in [-0.2, -0.15) is 13.2 Å². The summed E-state index contributed by atoms with van der Waals surface area (Å²) in [5, 5.41) is 7.68. The van der Waals surface area contributed by atoms with Gasteiger partial charge in [-0.3, -0.25) is 14.4 Å². The van der Waals surface area contributed by atoms with Gasteiger partial charge in [0, 0.05) is 16.0 Å². The first-order valence-corrected chi connectivity index (χ1v) is 11.6. The van der Waals surface area contributed by atoms with Gasteiger partial charge in [-0.1, -0.05) is 29.8 Å². The van der Waals surface area contributed by atoms with Crippen molar-refractivity contribution in [1.29, 1.82) is 0 Å². The van der Waals surface area contributed by atoms with Gasteiger partial charge in [0.25, 0.3) is 0 Å². The van der Waals surface area contributed by atoms with E-state index in [1.54, 1.807) is 20.8 Å². The van der Waals surface area contributed by atoms with Crippen LogP contribution in [0.1, 0.15) is 72.0 Å². The normalized spacial score (nSPS) is 15.9. The number of rotatable bonds is 3. The Labute approximate surface area is 199 Å². The molecule has 1 aromatic carbocycles. The fourth-order valence-electron chi connectivity index (χ4n) is 3.83. The summed E-state index contributed by atoms with van der Waals surface area (Å²) in [6.45, 7) is 10.9. The number of benzene rings is 1. The summed E-state index contributed by atoms with van der Waals surface area (Å²) in [4.78, 5) is 18.4. The summed E-state index contributed by atoms with van der Waals surface area (Å²) in [5.41, 5.74) is 2.97. The van der Waals surface area contributed by atoms with E-state index in [1.807, 2.05) is 45.0 Å². The van der Waals surface area contributed by atoms with Crippen molar-refractivity contribution < 1.29 is 22.7 Å². The van der Waals surface area contributed by atoms with Crippen LogP contribution in [0.15, 0.2) is 29.3 Å². The Morgan fingerprint density at radius 3 is 2.32 bits per heavy atom. The summed E-state index contributed by atoms with van der Waals surface area (Å²) >= 11 is 1.23. The van der Waals surface area contributed by atoms with E-state index in [0.717, 1.165) is 26.1 Å². The van der Waals surface area contributed by atoms with Gasteiger partial charge >= 0.3 is 12.1 Å². The lowest BCUT2D eigenvalue weighted by Gasteiger charge is -2.21. The van der Waals surface area contributed by atoms with Crippen LogP contribution in [0, 0.1) is 20.8 Å². The number of aromatic nitrogens is 3. The summed E-state index contributed by atoms with van der Waals surface area (Å²) < 4.78 is 48.4. The van der Waals surface area contributed by atoms with Crippen molar-refractivity contribution in [3.8, 4) is 5.00 Å². The van der Waals surface area contributed by atoms with E-state index < -0.39 is 29.6 Å². The number of aryl methyl sites for hydroxylation is 2. The van der Waals surface area contributed by atoms with Crippen LogP contribution in [-0.4, -0.2) is 32.0 Å². The first-order chi connectivity index (χ1) is 15.8. The van der Waals surface area contributed by atoms with Crippen LogP contribution in [0.5, 0.6) is 0 Å². The summed E-state index contributed by atoms with van der Waals surface area (Å²) in [7, 11) is 0. The minimum absolute atomic E-state index is 0.0391. The first-order valence-electron chi connectivity index (χ1n) is 10.8. The molecule has 0 fully saturated rings. The zero-order valence-corrected chi connectivity index (χ0v) is 20.6. The van der Waals surface area contributed by atoms with E-state index in [-0.39, 0.29) is 12.2 Å². The molecule has 180 valence electrons. The molecule has 1 aliphatic rings. The van der Waals surface area contributed by atoms with Crippen LogP contribution in [0.25, 0.3) is 5.00 Å². The van der Waals surface area contributed by atoms with E-state index in [4.69, 9.17) is 9.73 Å². The Bertz CT molecular complexity index is 1280. The van der Waals surface area contributed by atoms with Gasteiger partial charge < -0.3 is 4.74 Å². The van der Waals surface area contributed by atoms with Crippen LogP contribution in [0.2, 0.25) is 0 Å². The largest absolute Gasteiger partial charge is 0.460 e. The minimum Gasteiger partial charge on any atom is -0.460 e. The third-order valence-corrected chi connectivity index (χ3v) is 6.63. The zero-order valence-electron chi connectivity index (χ0n) is 19.7. The molecule has 34 heavy (non-hydrogen) atoms. The highest BCUT2D eigenvalue weighted by Crippen LogP contribution is 2.42. The predicted octanol–water partition coefficient (Wildman–Crippen LogP) is 5.90. The molecule has 0 spiro atoms. The van der Waals surface area contributed by atoms with Gasteiger partial charge in [0.2, 0.25) is 5.82 Å². The van der Waals surface area contributed by atoms with Crippen LogP contribution >= 0.6 is 11.3 Å². The van der Waals surface area contributed by atoms with Crippen molar-refractivity contribution in [3.63, 3.8) is 0 Å². The zero-order chi connectivity index (χ0) is 25.0. The van der Waals surface area contributed by atoms with Crippen LogP contribution in [0.3, 0.4) is 0 Å². The molecule has 10 heteroatoms. The number of thiophene rings is 1. The molecule has 0 saturated carbocycles. The lowest BCUT2D eigenvalue weighted by atomic mass is 9.99. The van der Waals surface area contributed by atoms with Crippen LogP contribution in [0.4, 0.5) is 13.2 Å². The molecule has 4 rings (SSSR count). The number of halogens is 3. The lowest BCUT2D eigenvalue weighted by molar-refractivity contribution is -0.155. The van der Waals surface area contributed by atoms with E-state index in [9.17, 15) is 18.0 Å². The molecule has 0 saturated heterocycles. The van der Waals surface area contributed by atoms with Gasteiger partial charge in [-0.05, 0) is 47.1 Å². The number of carbonyl (C=O) groups excluding carboxylic acids is 1. The third kappa shape index (κ3) is 4.51. The quantitative estimate of drug-likeness (QED) is 0.429. The SMILES string of the molecule is Cc1ccc(C2=N[C@@H](CC(=O)OC(C)(C)C)c3nnc(C(F)(F)F)n3-c3sc(C)c(C)c32)cc1. The molecule has 0 bridgehead atoms. The van der Waals surface area contributed by atoms with E-state index in [2.05, 4.69) is 10.2 Å². The smallest absolute Gasteiger partial charge is 0.452 e. The average Bonchev–Trinajstić information content (AvgIpc) is 3.23. The van der Waals surface area contributed by atoms with Crippen molar-refractivity contribution in [2.24, 2.45) is 4.99 Å². The van der Waals surface area contributed by atoms with E-state index >= 15 is 0 Å². The fourth-order valence-corrected chi connectivity index (χ4v) is 5.00. The second kappa shape index (κ2) is 8.33. The third-order valence-electron chi connectivity index (χ3n) is 5.44. The number of hydrogen-bond donors (Lipinski definition) is 0. The Hall–Kier alpha value is -3.01. The van der Waals surface area contributed by atoms with Gasteiger partial charge in [-0.25, -0.2) is 0 Å². The Morgan fingerprint density at radius 1 is 1.09 bits per heavy atom. The molecular weight excluding hydrogens is 465 g/mol. The lowest BCUT2D eigenvalue weighted by Crippen LogP contribution is -2.25. The number of fused-ring (bicyclic) bond motifs is 3. The average molecular weight is 491 g/mol. The number of ether oxygens (including phenoxy) is 1. The number of nitrogens with zero attached hydrogens (tertiary/aromatic N) is 4. The number of carbonyl (C=O) groups is 1. The van der Waals surface area contributed by atoms with Gasteiger partial charge in [-0.15, -0.1) is 21.5 Å². The second-order valence-electron chi connectivity index (χ2n) is 9.33. The summed E-state index contributed by atoms with van der Waals surface area (Å²) in [5.74, 6) is -1.76. The van der Waals surface area contributed by atoms with Crippen LogP contribution in [-0.2, 0) is 15.7 Å². The molecule has 3 heterocycles. The molecule has 6 nitrogen and oxygen atoms in total. The van der Waals surface area contributed by atoms with E-state index in [0.29, 0.717) is 16.3 Å². The summed E-state index contributed by atoms with van der Waals surface area (Å²) in [6.07, 6.45) is -5.01. The van der Waals surface area contributed by atoms with Crippen molar-refractivity contribution in [1.82, 2.24) is 14.8 Å². The highest BCUT2D eigenvalue weighted by molar-refractivity contribution is 7.15. The number of alkyl halides is 3. The molecule has 3 aromatic rings. The second-order valence-corrected chi connectivity index (χ2v) is 10.5. The number of esters is 1. The Kier molecular flexibility index (Phi) is 5.91. The van der Waals surface area contributed by atoms with Gasteiger partial charge in [0.15, 0.2) is 5.82 Å². The predicted molar refractivity (Wildman–Crippen MR) is 124 cm³/mol. The maximum Gasteiger partial charge on any atom is 0.452 e. The monoisotopic (exact) mass is 490 g/mol. The molecule has 1 aliphatic heterocycles. The maximum absolute atomic E-state index is 14.0. The number of aliphatic imine (C=N–C) groups is 1. The molecular formula is C24H25F3N4O2S. The van der Waals surface area contributed by atoms with Crippen molar-refractivity contribution in [2.45, 2.75) is 65.8 Å². The van der Waals surface area contributed by atoms with Crippen molar-refractivity contribution in [2.75, 3.05) is 0 Å². The maximum atomic E-state index is 14.0. The fraction of sp³-hybridized carbons (Fsp3) is 0.417. The minimum atomic E-state index is -4.74. The van der Waals surface area contributed by atoms with E-state index in [1.165, 1.54) is 11.3 Å². The Balaban J connectivity index is 1.98. The molecule has 0 radical (unpaired) electrons. The highest BCUT2D eigenvalue weighted by atomic mass is 32.1. The highest BCUT2D eigenvalue weighted by Gasteiger charge is 2.43. The number of hydrogen-bond acceptors (Lipinski definition) is 6. The van der Waals surface area contributed by atoms with Gasteiger partial charge in [0.1, 0.15) is 16.6 Å². The summed E-state index contributed by atoms with van der Waals surface area (Å²) in [6, 6.07) is 6.59. The molecule has 0 aliphatic carbocycles.